The van der Waals surface area contributed by atoms with Gasteiger partial charge in [-0.25, -0.2) is 0 Å². The second kappa shape index (κ2) is 9.07. The molecule has 0 aromatic carbocycles. The first-order valence-electron chi connectivity index (χ1n) is 8.85. The summed E-state index contributed by atoms with van der Waals surface area (Å²) in [7, 11) is 0. The first-order valence-corrected chi connectivity index (χ1v) is 8.85. The van der Waals surface area contributed by atoms with Crippen LogP contribution in [0.25, 0.3) is 0 Å². The zero-order valence-corrected chi connectivity index (χ0v) is 18.0. The Morgan fingerprint density at radius 1 is 0.385 bits per heavy atom. The minimum Gasteiger partial charge on any atom is -0.199 e. The van der Waals surface area contributed by atoms with Crippen LogP contribution in [0.1, 0.15) is 13.8 Å². The van der Waals surface area contributed by atoms with Crippen molar-refractivity contribution in [2.24, 2.45) is 5.92 Å². The van der Waals surface area contributed by atoms with Gasteiger partial charge in [-0.3, -0.25) is 0 Å². The third kappa shape index (κ3) is 4.37. The molecule has 0 aliphatic heterocycles. The van der Waals surface area contributed by atoms with Crippen molar-refractivity contribution in [1.29, 1.82) is 0 Å². The molecular formula is C16H9F23. The van der Waals surface area contributed by atoms with Crippen LogP contribution < -0.4 is 0 Å². The number of halogens is 23. The molecule has 39 heavy (non-hydrogen) atoms. The zero-order valence-electron chi connectivity index (χ0n) is 18.0. The van der Waals surface area contributed by atoms with Crippen LogP contribution in [0.5, 0.6) is 0 Å². The van der Waals surface area contributed by atoms with Gasteiger partial charge in [-0.05, 0) is 6.92 Å². The van der Waals surface area contributed by atoms with Crippen LogP contribution in [-0.4, -0.2) is 65.4 Å². The standard InChI is InChI=1S/C16H9F23/c1-4(2)5(3)6(17,18)7(19,20)8(21,22)9(23,24)10(25,26)11(27,28)12(29,30)13(31,32)14(33,34)15(35,36)16(37,38)39/h5H,1H2,2-3H3. The van der Waals surface area contributed by atoms with Gasteiger partial charge >= 0.3 is 65.4 Å². The predicted molar refractivity (Wildman–Crippen MR) is 79.5 cm³/mol. The maximum Gasteiger partial charge on any atom is 0.460 e. The minimum absolute atomic E-state index is 0.227. The molecule has 0 saturated carbocycles. The van der Waals surface area contributed by atoms with Gasteiger partial charge in [-0.15, -0.1) is 0 Å². The van der Waals surface area contributed by atoms with Crippen molar-refractivity contribution in [3.8, 4) is 0 Å². The Balaban J connectivity index is 7.28. The minimum atomic E-state index is -9.38. The zero-order chi connectivity index (χ0) is 32.7. The average molecular weight is 638 g/mol. The van der Waals surface area contributed by atoms with Crippen molar-refractivity contribution in [1.82, 2.24) is 0 Å². The molecule has 1 atom stereocenters. The van der Waals surface area contributed by atoms with Gasteiger partial charge in [0.1, 0.15) is 0 Å². The molecule has 0 rings (SSSR count). The highest BCUT2D eigenvalue weighted by Crippen LogP contribution is 2.67. The van der Waals surface area contributed by atoms with E-state index in [1.807, 2.05) is 0 Å². The maximum absolute atomic E-state index is 13.8. The van der Waals surface area contributed by atoms with Crippen molar-refractivity contribution >= 4 is 0 Å². The van der Waals surface area contributed by atoms with Gasteiger partial charge in [0.15, 0.2) is 0 Å². The highest BCUT2D eigenvalue weighted by molar-refractivity contribution is 5.20. The van der Waals surface area contributed by atoms with E-state index in [1.54, 1.807) is 0 Å². The van der Waals surface area contributed by atoms with E-state index in [1.165, 1.54) is 0 Å². The third-order valence-electron chi connectivity index (χ3n) is 5.21. The van der Waals surface area contributed by atoms with Crippen LogP contribution in [0.4, 0.5) is 101 Å². The average Bonchev–Trinajstić information content (AvgIpc) is 2.70. The van der Waals surface area contributed by atoms with Gasteiger partial charge < -0.3 is 0 Å². The second-order valence-corrected chi connectivity index (χ2v) is 7.86. The summed E-state index contributed by atoms with van der Waals surface area (Å²) in [6.07, 6.45) is -8.08. The second-order valence-electron chi connectivity index (χ2n) is 7.86. The number of rotatable bonds is 11. The SMILES string of the molecule is C=C(C)C(C)C(F)(F)C(F)(F)C(F)(F)C(F)(F)C(F)(F)C(F)(F)C(F)(F)C(F)(F)C(F)(F)C(F)(F)C(F)(F)F. The number of hydrogen-bond donors (Lipinski definition) is 0. The topological polar surface area (TPSA) is 0 Å². The molecule has 0 aliphatic rings. The summed E-state index contributed by atoms with van der Waals surface area (Å²) < 4.78 is 305. The lowest BCUT2D eigenvalue weighted by Gasteiger charge is -2.45. The lowest BCUT2D eigenvalue weighted by atomic mass is 9.82. The summed E-state index contributed by atoms with van der Waals surface area (Å²) in [5.74, 6) is -90.8. The molecule has 0 aromatic heterocycles. The fourth-order valence-corrected chi connectivity index (χ4v) is 2.35. The monoisotopic (exact) mass is 638 g/mol. The highest BCUT2D eigenvalue weighted by atomic mass is 19.4. The lowest BCUT2D eigenvalue weighted by Crippen LogP contribution is -2.77. The van der Waals surface area contributed by atoms with Gasteiger partial charge in [0.2, 0.25) is 0 Å². The largest absolute Gasteiger partial charge is 0.460 e. The quantitative estimate of drug-likeness (QED) is 0.157. The van der Waals surface area contributed by atoms with Crippen molar-refractivity contribution in [3.05, 3.63) is 12.2 Å². The summed E-state index contributed by atoms with van der Waals surface area (Å²) in [4.78, 5) is 0. The summed E-state index contributed by atoms with van der Waals surface area (Å²) >= 11 is 0. The molecule has 0 heterocycles. The van der Waals surface area contributed by atoms with Crippen molar-refractivity contribution in [2.45, 2.75) is 79.2 Å². The van der Waals surface area contributed by atoms with Gasteiger partial charge in [-0.2, -0.15) is 101 Å². The Bertz CT molecular complexity index is 919. The normalized spacial score (nSPS) is 17.4. The highest BCUT2D eigenvalue weighted by Gasteiger charge is 2.98. The van der Waals surface area contributed by atoms with E-state index in [4.69, 9.17) is 0 Å². The van der Waals surface area contributed by atoms with E-state index in [-0.39, 0.29) is 6.92 Å². The molecular weight excluding hydrogens is 629 g/mol. The first-order chi connectivity index (χ1) is 16.4. The van der Waals surface area contributed by atoms with Crippen molar-refractivity contribution < 1.29 is 101 Å². The summed E-state index contributed by atoms with van der Waals surface area (Å²) in [6, 6.07) is 0. The van der Waals surface area contributed by atoms with Gasteiger partial charge in [0.25, 0.3) is 0 Å². The van der Waals surface area contributed by atoms with Crippen molar-refractivity contribution in [2.75, 3.05) is 0 Å². The Labute approximate surface area is 199 Å². The predicted octanol–water partition coefficient (Wildman–Crippen LogP) is 9.11. The van der Waals surface area contributed by atoms with Gasteiger partial charge in [0.05, 0.1) is 0 Å². The summed E-state index contributed by atoms with van der Waals surface area (Å²) in [5, 5.41) is 0. The molecule has 23 heteroatoms. The molecule has 0 saturated heterocycles. The number of allylic oxidation sites excluding steroid dienone is 1. The Kier molecular flexibility index (Phi) is 8.63. The maximum atomic E-state index is 13.8. The van der Waals surface area contributed by atoms with Crippen LogP contribution in [0.2, 0.25) is 0 Å². The fourth-order valence-electron chi connectivity index (χ4n) is 2.35. The van der Waals surface area contributed by atoms with Crippen LogP contribution in [0, 0.1) is 5.92 Å². The van der Waals surface area contributed by atoms with E-state index in [0.29, 0.717) is 6.92 Å². The molecule has 0 nitrogen and oxygen atoms in total. The Morgan fingerprint density at radius 2 is 0.564 bits per heavy atom. The van der Waals surface area contributed by atoms with Crippen molar-refractivity contribution in [3.63, 3.8) is 0 Å². The molecule has 0 radical (unpaired) electrons. The molecule has 0 N–H and O–H groups in total. The van der Waals surface area contributed by atoms with E-state index in [2.05, 4.69) is 6.58 Å². The lowest BCUT2D eigenvalue weighted by molar-refractivity contribution is -0.479. The molecule has 0 aromatic rings. The molecule has 0 amide bonds. The Hall–Kier alpha value is -1.87. The van der Waals surface area contributed by atoms with Crippen LogP contribution in [0.15, 0.2) is 12.2 Å². The fraction of sp³-hybridized carbons (Fsp3) is 0.875. The third-order valence-corrected chi connectivity index (χ3v) is 5.21. The smallest absolute Gasteiger partial charge is 0.199 e. The molecule has 0 fully saturated rings. The van der Waals surface area contributed by atoms with E-state index in [0.717, 1.165) is 0 Å². The molecule has 0 aliphatic carbocycles. The van der Waals surface area contributed by atoms with E-state index >= 15 is 0 Å². The van der Waals surface area contributed by atoms with Gasteiger partial charge in [-0.1, -0.05) is 19.1 Å². The van der Waals surface area contributed by atoms with Crippen LogP contribution in [0.3, 0.4) is 0 Å². The summed E-state index contributed by atoms with van der Waals surface area (Å²) in [6.45, 7) is 2.55. The van der Waals surface area contributed by atoms with Gasteiger partial charge in [0, 0.05) is 5.92 Å². The van der Waals surface area contributed by atoms with E-state index in [9.17, 15) is 101 Å². The molecule has 0 bridgehead atoms. The Morgan fingerprint density at radius 3 is 0.744 bits per heavy atom. The first kappa shape index (κ1) is 37.1. The summed E-state index contributed by atoms with van der Waals surface area (Å²) in [5.41, 5.74) is -1.32. The molecule has 234 valence electrons. The van der Waals surface area contributed by atoms with Crippen LogP contribution in [-0.2, 0) is 0 Å². The molecule has 1 unspecified atom stereocenters. The number of hydrogen-bond acceptors (Lipinski definition) is 0. The van der Waals surface area contributed by atoms with E-state index < -0.39 is 76.9 Å². The number of alkyl halides is 23. The molecule has 0 spiro atoms. The van der Waals surface area contributed by atoms with Crippen LogP contribution >= 0.6 is 0 Å².